The van der Waals surface area contributed by atoms with Crippen LogP contribution in [-0.2, 0) is 20.7 Å². The van der Waals surface area contributed by atoms with Gasteiger partial charge in [0, 0.05) is 11.4 Å². The predicted molar refractivity (Wildman–Crippen MR) is 109 cm³/mol. The second-order valence-corrected chi connectivity index (χ2v) is 6.44. The van der Waals surface area contributed by atoms with Gasteiger partial charge in [-0.2, -0.15) is 0 Å². The maximum Gasteiger partial charge on any atom is 0.340 e. The molecule has 0 spiro atoms. The van der Waals surface area contributed by atoms with Crippen molar-refractivity contribution in [2.75, 3.05) is 19.1 Å². The van der Waals surface area contributed by atoms with Crippen molar-refractivity contribution in [1.82, 2.24) is 0 Å². The van der Waals surface area contributed by atoms with Gasteiger partial charge in [-0.25, -0.2) is 4.79 Å². The normalized spacial score (nSPS) is 15.4. The number of methoxy groups -OCH3 is 2. The van der Waals surface area contributed by atoms with E-state index in [0.717, 1.165) is 12.0 Å². The first kappa shape index (κ1) is 19.4. The number of carbonyl (C=O) groups is 2. The molecule has 1 aliphatic heterocycles. The molecule has 144 valence electrons. The minimum absolute atomic E-state index is 0.261. The van der Waals surface area contributed by atoms with Gasteiger partial charge in [-0.05, 0) is 54.8 Å². The Kier molecular flexibility index (Phi) is 5.64. The van der Waals surface area contributed by atoms with Crippen LogP contribution in [-0.4, -0.2) is 26.1 Å². The highest BCUT2D eigenvalue weighted by Crippen LogP contribution is 2.36. The quantitative estimate of drug-likeness (QED) is 0.581. The van der Waals surface area contributed by atoms with Crippen LogP contribution in [0.2, 0.25) is 0 Å². The Balaban J connectivity index is 2.07. The van der Waals surface area contributed by atoms with Gasteiger partial charge in [0.2, 0.25) is 0 Å². The Morgan fingerprint density at radius 1 is 1.04 bits per heavy atom. The smallest absolute Gasteiger partial charge is 0.340 e. The van der Waals surface area contributed by atoms with Crippen LogP contribution in [0.3, 0.4) is 0 Å². The van der Waals surface area contributed by atoms with E-state index in [1.807, 2.05) is 24.3 Å². The number of amides is 1. The Labute approximate surface area is 164 Å². The van der Waals surface area contributed by atoms with Gasteiger partial charge < -0.3 is 9.47 Å². The Morgan fingerprint density at radius 3 is 2.21 bits per heavy atom. The lowest BCUT2D eigenvalue weighted by molar-refractivity contribution is -0.136. The van der Waals surface area contributed by atoms with E-state index in [1.54, 1.807) is 44.4 Å². The zero-order valence-corrected chi connectivity index (χ0v) is 16.5. The van der Waals surface area contributed by atoms with Crippen molar-refractivity contribution in [3.8, 4) is 5.75 Å². The van der Waals surface area contributed by atoms with E-state index in [-0.39, 0.29) is 11.5 Å². The van der Waals surface area contributed by atoms with Crippen LogP contribution < -0.4 is 9.64 Å². The van der Waals surface area contributed by atoms with Crippen LogP contribution in [0, 0.1) is 0 Å². The molecule has 0 saturated heterocycles. The molecule has 3 rings (SSSR count). The fourth-order valence-electron chi connectivity index (χ4n) is 3.24. The second-order valence-electron chi connectivity index (χ2n) is 6.44. The van der Waals surface area contributed by atoms with Crippen LogP contribution in [0.5, 0.6) is 5.75 Å². The predicted octanol–water partition coefficient (Wildman–Crippen LogP) is 4.13. The fourth-order valence-corrected chi connectivity index (χ4v) is 3.24. The SMILES string of the molecule is CCc1ccc(/C=C2\C(=O)N(c3ccc(OC)cc3)C(C)=C2C(=O)OC)cc1. The molecule has 2 aromatic rings. The van der Waals surface area contributed by atoms with E-state index in [1.165, 1.54) is 17.6 Å². The molecule has 1 aliphatic rings. The van der Waals surface area contributed by atoms with Gasteiger partial charge in [0.05, 0.1) is 25.4 Å². The van der Waals surface area contributed by atoms with Gasteiger partial charge in [-0.1, -0.05) is 31.2 Å². The first-order valence-corrected chi connectivity index (χ1v) is 9.08. The van der Waals surface area contributed by atoms with Crippen LogP contribution in [0.4, 0.5) is 5.69 Å². The highest BCUT2D eigenvalue weighted by Gasteiger charge is 2.37. The number of nitrogens with zero attached hydrogens (tertiary/aromatic N) is 1. The largest absolute Gasteiger partial charge is 0.497 e. The molecule has 0 bridgehead atoms. The number of ether oxygens (including phenoxy) is 2. The van der Waals surface area contributed by atoms with Gasteiger partial charge >= 0.3 is 5.97 Å². The lowest BCUT2D eigenvalue weighted by Gasteiger charge is -2.18. The highest BCUT2D eigenvalue weighted by atomic mass is 16.5. The molecule has 2 aromatic carbocycles. The van der Waals surface area contributed by atoms with Crippen LogP contribution in [0.25, 0.3) is 6.08 Å². The van der Waals surface area contributed by atoms with E-state index in [0.29, 0.717) is 22.7 Å². The zero-order valence-electron chi connectivity index (χ0n) is 16.5. The molecule has 0 unspecified atom stereocenters. The fraction of sp³-hybridized carbons (Fsp3) is 0.217. The summed E-state index contributed by atoms with van der Waals surface area (Å²) in [5.41, 5.74) is 3.87. The van der Waals surface area contributed by atoms with Crippen molar-refractivity contribution in [2.24, 2.45) is 0 Å². The lowest BCUT2D eigenvalue weighted by Crippen LogP contribution is -2.24. The molecule has 1 amide bonds. The van der Waals surface area contributed by atoms with Crippen molar-refractivity contribution in [3.63, 3.8) is 0 Å². The number of rotatable bonds is 5. The van der Waals surface area contributed by atoms with Gasteiger partial charge in [0.25, 0.3) is 5.91 Å². The standard InChI is InChI=1S/C23H23NO4/c1-5-16-6-8-17(9-7-16)14-20-21(23(26)28-4)15(2)24(22(20)25)18-10-12-19(27-3)13-11-18/h6-14H,5H2,1-4H3/b20-14-. The number of aryl methyl sites for hydroxylation is 1. The maximum absolute atomic E-state index is 13.2. The third-order valence-corrected chi connectivity index (χ3v) is 4.82. The summed E-state index contributed by atoms with van der Waals surface area (Å²) in [5.74, 6) is -0.0991. The molecule has 0 radical (unpaired) electrons. The summed E-state index contributed by atoms with van der Waals surface area (Å²) in [7, 11) is 2.90. The molecule has 0 aliphatic carbocycles. The number of hydrogen-bond acceptors (Lipinski definition) is 4. The van der Waals surface area contributed by atoms with E-state index >= 15 is 0 Å². The number of anilines is 1. The molecule has 5 nitrogen and oxygen atoms in total. The molecule has 28 heavy (non-hydrogen) atoms. The van der Waals surface area contributed by atoms with E-state index in [9.17, 15) is 9.59 Å². The minimum atomic E-state index is -0.529. The average molecular weight is 377 g/mol. The molecular formula is C23H23NO4. The number of allylic oxidation sites excluding steroid dienone is 1. The van der Waals surface area contributed by atoms with Crippen molar-refractivity contribution in [1.29, 1.82) is 0 Å². The topological polar surface area (TPSA) is 55.8 Å². The molecule has 0 fully saturated rings. The third kappa shape index (κ3) is 3.56. The Bertz CT molecular complexity index is 953. The summed E-state index contributed by atoms with van der Waals surface area (Å²) in [6, 6.07) is 15.0. The molecular weight excluding hydrogens is 354 g/mol. The minimum Gasteiger partial charge on any atom is -0.497 e. The van der Waals surface area contributed by atoms with Gasteiger partial charge in [-0.3, -0.25) is 9.69 Å². The number of esters is 1. The van der Waals surface area contributed by atoms with Gasteiger partial charge in [0.15, 0.2) is 0 Å². The number of carbonyl (C=O) groups excluding carboxylic acids is 2. The van der Waals surface area contributed by atoms with Crippen molar-refractivity contribution in [2.45, 2.75) is 20.3 Å². The molecule has 5 heteroatoms. The average Bonchev–Trinajstić information content (AvgIpc) is 2.97. The summed E-state index contributed by atoms with van der Waals surface area (Å²) in [6.07, 6.45) is 2.68. The van der Waals surface area contributed by atoms with Crippen LogP contribution in [0.15, 0.2) is 65.4 Å². The zero-order chi connectivity index (χ0) is 20.3. The molecule has 0 saturated carbocycles. The van der Waals surface area contributed by atoms with Crippen molar-refractivity contribution >= 4 is 23.6 Å². The van der Waals surface area contributed by atoms with Gasteiger partial charge in [-0.15, -0.1) is 0 Å². The number of benzene rings is 2. The first-order chi connectivity index (χ1) is 13.5. The van der Waals surface area contributed by atoms with E-state index < -0.39 is 5.97 Å². The molecule has 0 atom stereocenters. The molecule has 1 heterocycles. The maximum atomic E-state index is 13.2. The first-order valence-electron chi connectivity index (χ1n) is 9.08. The van der Waals surface area contributed by atoms with E-state index in [2.05, 4.69) is 6.92 Å². The lowest BCUT2D eigenvalue weighted by atomic mass is 10.0. The molecule has 0 aromatic heterocycles. The monoisotopic (exact) mass is 377 g/mol. The number of hydrogen-bond donors (Lipinski definition) is 0. The highest BCUT2D eigenvalue weighted by molar-refractivity contribution is 6.23. The Hall–Kier alpha value is -3.34. The summed E-state index contributed by atoms with van der Waals surface area (Å²) in [6.45, 7) is 3.83. The van der Waals surface area contributed by atoms with Crippen molar-refractivity contribution < 1.29 is 19.1 Å². The van der Waals surface area contributed by atoms with Crippen LogP contribution in [0.1, 0.15) is 25.0 Å². The summed E-state index contributed by atoms with van der Waals surface area (Å²) >= 11 is 0. The van der Waals surface area contributed by atoms with E-state index in [4.69, 9.17) is 9.47 Å². The summed E-state index contributed by atoms with van der Waals surface area (Å²) < 4.78 is 10.1. The summed E-state index contributed by atoms with van der Waals surface area (Å²) in [4.78, 5) is 27.2. The van der Waals surface area contributed by atoms with Crippen LogP contribution >= 0.6 is 0 Å². The summed E-state index contributed by atoms with van der Waals surface area (Å²) in [5, 5.41) is 0. The van der Waals surface area contributed by atoms with Gasteiger partial charge in [0.1, 0.15) is 5.75 Å². The van der Waals surface area contributed by atoms with Crippen molar-refractivity contribution in [3.05, 3.63) is 76.5 Å². The Morgan fingerprint density at radius 2 is 1.68 bits per heavy atom. The third-order valence-electron chi connectivity index (χ3n) is 4.82. The second kappa shape index (κ2) is 8.13. The molecule has 0 N–H and O–H groups in total.